The van der Waals surface area contributed by atoms with E-state index in [0.717, 1.165) is 16.1 Å². The highest BCUT2D eigenvalue weighted by molar-refractivity contribution is 7.80. The molecule has 1 N–H and O–H groups in total. The maximum absolute atomic E-state index is 11.2. The summed E-state index contributed by atoms with van der Waals surface area (Å²) >= 11 is 4.21. The molecule has 1 aliphatic rings. The van der Waals surface area contributed by atoms with Crippen molar-refractivity contribution in [3.8, 4) is 0 Å². The van der Waals surface area contributed by atoms with Gasteiger partial charge in [-0.2, -0.15) is 0 Å². The maximum atomic E-state index is 11.2. The second kappa shape index (κ2) is 2.52. The van der Waals surface area contributed by atoms with E-state index in [-0.39, 0.29) is 11.8 Å². The van der Waals surface area contributed by atoms with Gasteiger partial charge in [0, 0.05) is 10.6 Å². The first-order chi connectivity index (χ1) is 5.68. The van der Waals surface area contributed by atoms with Crippen molar-refractivity contribution in [3.05, 3.63) is 23.8 Å². The Morgan fingerprint density at radius 3 is 3.00 bits per heavy atom. The molecule has 0 aromatic heterocycles. The number of carbonyl (C=O) groups excluding carboxylic acids is 1. The van der Waals surface area contributed by atoms with Gasteiger partial charge in [-0.15, -0.1) is 12.6 Å². The Balaban J connectivity index is 2.55. The number of fused-ring (bicyclic) bond motifs is 1. The quantitative estimate of drug-likeness (QED) is 0.586. The van der Waals surface area contributed by atoms with E-state index in [4.69, 9.17) is 0 Å². The first-order valence-electron chi connectivity index (χ1n) is 3.82. The van der Waals surface area contributed by atoms with E-state index in [1.165, 1.54) is 0 Å². The van der Waals surface area contributed by atoms with Gasteiger partial charge in [-0.25, -0.2) is 0 Å². The number of thiol groups is 1. The van der Waals surface area contributed by atoms with E-state index in [1.54, 1.807) is 0 Å². The van der Waals surface area contributed by atoms with E-state index in [9.17, 15) is 4.79 Å². The van der Waals surface area contributed by atoms with Crippen molar-refractivity contribution < 1.29 is 4.79 Å². The molecule has 1 atom stereocenters. The third-order valence-electron chi connectivity index (χ3n) is 2.15. The summed E-state index contributed by atoms with van der Waals surface area (Å²) in [6, 6.07) is 5.69. The van der Waals surface area contributed by atoms with Gasteiger partial charge in [0.1, 0.15) is 0 Å². The molecule has 1 aromatic carbocycles. The lowest BCUT2D eigenvalue weighted by Crippen LogP contribution is -2.08. The molecule has 1 heterocycles. The number of anilines is 1. The fraction of sp³-hybridized carbons (Fsp3) is 0.222. The lowest BCUT2D eigenvalue weighted by Gasteiger charge is -2.00. The molecule has 12 heavy (non-hydrogen) atoms. The van der Waals surface area contributed by atoms with Gasteiger partial charge >= 0.3 is 0 Å². The molecule has 0 spiro atoms. The number of hydrogen-bond donors (Lipinski definition) is 2. The number of hydrogen-bond acceptors (Lipinski definition) is 2. The van der Waals surface area contributed by atoms with Crippen LogP contribution in [0.1, 0.15) is 18.4 Å². The Labute approximate surface area is 76.4 Å². The zero-order valence-corrected chi connectivity index (χ0v) is 7.56. The van der Waals surface area contributed by atoms with Crippen molar-refractivity contribution in [1.29, 1.82) is 0 Å². The number of amides is 1. The Bertz CT molecular complexity index is 348. The highest BCUT2D eigenvalue weighted by atomic mass is 32.1. The van der Waals surface area contributed by atoms with Gasteiger partial charge < -0.3 is 5.32 Å². The molecule has 62 valence electrons. The van der Waals surface area contributed by atoms with Crippen LogP contribution in [0.15, 0.2) is 23.1 Å². The largest absolute Gasteiger partial charge is 0.325 e. The van der Waals surface area contributed by atoms with Crippen molar-refractivity contribution in [2.45, 2.75) is 17.7 Å². The molecule has 1 aliphatic heterocycles. The molecule has 0 aliphatic carbocycles. The van der Waals surface area contributed by atoms with E-state index in [1.807, 2.05) is 25.1 Å². The second-order valence-electron chi connectivity index (χ2n) is 2.98. The van der Waals surface area contributed by atoms with Crippen LogP contribution < -0.4 is 5.32 Å². The molecule has 1 amide bonds. The minimum Gasteiger partial charge on any atom is -0.325 e. The summed E-state index contributed by atoms with van der Waals surface area (Å²) in [5, 5.41) is 2.80. The van der Waals surface area contributed by atoms with Crippen molar-refractivity contribution in [3.63, 3.8) is 0 Å². The molecule has 0 radical (unpaired) electrons. The van der Waals surface area contributed by atoms with Crippen LogP contribution in [0, 0.1) is 0 Å². The average molecular weight is 179 g/mol. The molecule has 0 saturated carbocycles. The summed E-state index contributed by atoms with van der Waals surface area (Å²) in [5.41, 5.74) is 1.97. The lowest BCUT2D eigenvalue weighted by atomic mass is 10.0. The standard InChI is InChI=1S/C9H9NOS/c1-5-7-4-6(12)2-3-8(7)10-9(5)11/h2-5,12H,1H3,(H,10,11). The SMILES string of the molecule is CC1C(=O)Nc2ccc(S)cc21. The van der Waals surface area contributed by atoms with Crippen molar-refractivity contribution in [2.24, 2.45) is 0 Å². The van der Waals surface area contributed by atoms with E-state index >= 15 is 0 Å². The van der Waals surface area contributed by atoms with Gasteiger partial charge in [-0.1, -0.05) is 0 Å². The van der Waals surface area contributed by atoms with Gasteiger partial charge in [0.25, 0.3) is 0 Å². The first-order valence-corrected chi connectivity index (χ1v) is 4.27. The molecular weight excluding hydrogens is 170 g/mol. The van der Waals surface area contributed by atoms with Gasteiger partial charge in [-0.05, 0) is 30.7 Å². The van der Waals surface area contributed by atoms with E-state index in [2.05, 4.69) is 17.9 Å². The minimum atomic E-state index is -0.0351. The van der Waals surface area contributed by atoms with Gasteiger partial charge in [-0.3, -0.25) is 4.79 Å². The number of benzene rings is 1. The monoisotopic (exact) mass is 179 g/mol. The first kappa shape index (κ1) is 7.68. The van der Waals surface area contributed by atoms with Crippen LogP contribution >= 0.6 is 12.6 Å². The third-order valence-corrected chi connectivity index (χ3v) is 2.43. The zero-order valence-electron chi connectivity index (χ0n) is 6.66. The topological polar surface area (TPSA) is 29.1 Å². The molecule has 0 saturated heterocycles. The van der Waals surface area contributed by atoms with Crippen molar-refractivity contribution >= 4 is 24.2 Å². The van der Waals surface area contributed by atoms with Crippen LogP contribution in [0.3, 0.4) is 0 Å². The van der Waals surface area contributed by atoms with E-state index in [0.29, 0.717) is 0 Å². The summed E-state index contributed by atoms with van der Waals surface area (Å²) in [7, 11) is 0. The fourth-order valence-corrected chi connectivity index (χ4v) is 1.62. The summed E-state index contributed by atoms with van der Waals surface area (Å²) in [6.45, 7) is 1.90. The summed E-state index contributed by atoms with van der Waals surface area (Å²) in [5.74, 6) is 0.0380. The number of rotatable bonds is 0. The van der Waals surface area contributed by atoms with Crippen LogP contribution in [0.2, 0.25) is 0 Å². The second-order valence-corrected chi connectivity index (χ2v) is 3.50. The predicted octanol–water partition coefficient (Wildman–Crippen LogP) is 2.03. The minimum absolute atomic E-state index is 0.0351. The smallest absolute Gasteiger partial charge is 0.231 e. The molecule has 1 aromatic rings. The fourth-order valence-electron chi connectivity index (χ4n) is 1.40. The molecule has 0 bridgehead atoms. The Kier molecular flexibility index (Phi) is 1.61. The summed E-state index contributed by atoms with van der Waals surface area (Å²) in [6.07, 6.45) is 0. The van der Waals surface area contributed by atoms with Gasteiger partial charge in [0.2, 0.25) is 5.91 Å². The third kappa shape index (κ3) is 1.01. The Morgan fingerprint density at radius 2 is 2.25 bits per heavy atom. The van der Waals surface area contributed by atoms with E-state index < -0.39 is 0 Å². The summed E-state index contributed by atoms with van der Waals surface area (Å²) < 4.78 is 0. The molecule has 3 heteroatoms. The zero-order chi connectivity index (χ0) is 8.72. The molecule has 2 nitrogen and oxygen atoms in total. The molecule has 1 unspecified atom stereocenters. The Hall–Kier alpha value is -0.960. The average Bonchev–Trinajstić information content (AvgIpc) is 2.31. The van der Waals surface area contributed by atoms with Crippen LogP contribution in [0.5, 0.6) is 0 Å². The van der Waals surface area contributed by atoms with Crippen LogP contribution in [0.4, 0.5) is 5.69 Å². The maximum Gasteiger partial charge on any atom is 0.231 e. The van der Waals surface area contributed by atoms with Crippen molar-refractivity contribution in [2.75, 3.05) is 5.32 Å². The highest BCUT2D eigenvalue weighted by Gasteiger charge is 2.25. The van der Waals surface area contributed by atoms with Gasteiger partial charge in [0.05, 0.1) is 5.92 Å². The normalized spacial score (nSPS) is 20.5. The lowest BCUT2D eigenvalue weighted by molar-refractivity contribution is -0.116. The van der Waals surface area contributed by atoms with Gasteiger partial charge in [0.15, 0.2) is 0 Å². The number of nitrogens with one attached hydrogen (secondary N) is 1. The Morgan fingerprint density at radius 1 is 1.50 bits per heavy atom. The van der Waals surface area contributed by atoms with Crippen LogP contribution in [-0.4, -0.2) is 5.91 Å². The van der Waals surface area contributed by atoms with Crippen molar-refractivity contribution in [1.82, 2.24) is 0 Å². The summed E-state index contributed by atoms with van der Waals surface area (Å²) in [4.78, 5) is 12.1. The molecular formula is C9H9NOS. The predicted molar refractivity (Wildman–Crippen MR) is 50.7 cm³/mol. The van der Waals surface area contributed by atoms with Crippen LogP contribution in [0.25, 0.3) is 0 Å². The molecule has 2 rings (SSSR count). The number of carbonyl (C=O) groups is 1. The van der Waals surface area contributed by atoms with Crippen LogP contribution in [-0.2, 0) is 4.79 Å². The molecule has 0 fully saturated rings. The highest BCUT2D eigenvalue weighted by Crippen LogP contribution is 2.33.